The van der Waals surface area contributed by atoms with E-state index in [1.165, 1.54) is 0 Å². The van der Waals surface area contributed by atoms with Crippen molar-refractivity contribution in [3.63, 3.8) is 0 Å². The van der Waals surface area contributed by atoms with Crippen molar-refractivity contribution in [3.05, 3.63) is 53.7 Å². The first-order chi connectivity index (χ1) is 11.8. The Hall–Kier alpha value is -2.47. The number of aryl methyl sites for hydroxylation is 1. The molecule has 0 amide bonds. The van der Waals surface area contributed by atoms with Gasteiger partial charge in [0, 0.05) is 11.6 Å². The Labute approximate surface area is 140 Å². The molecule has 6 heteroatoms. The van der Waals surface area contributed by atoms with Gasteiger partial charge in [-0.1, -0.05) is 47.6 Å². The normalized spacial score (nSPS) is 18.3. The summed E-state index contributed by atoms with van der Waals surface area (Å²) in [6.07, 6.45) is 3.02. The van der Waals surface area contributed by atoms with Gasteiger partial charge < -0.3 is 9.05 Å². The molecule has 124 valence electrons. The Kier molecular flexibility index (Phi) is 4.13. The summed E-state index contributed by atoms with van der Waals surface area (Å²) < 4.78 is 11.0. The third-order valence-electron chi connectivity index (χ3n) is 4.45. The van der Waals surface area contributed by atoms with Gasteiger partial charge in [0.05, 0.1) is 18.3 Å². The lowest BCUT2D eigenvalue weighted by molar-refractivity contribution is 0.182. The lowest BCUT2D eigenvalue weighted by Gasteiger charge is -2.19. The number of hydrogen-bond acceptors (Lipinski definition) is 6. The lowest BCUT2D eigenvalue weighted by atomic mass is 10.2. The average Bonchev–Trinajstić information content (AvgIpc) is 3.36. The Morgan fingerprint density at radius 3 is 2.83 bits per heavy atom. The third kappa shape index (κ3) is 2.97. The van der Waals surface area contributed by atoms with E-state index in [9.17, 15) is 0 Å². The van der Waals surface area contributed by atoms with Gasteiger partial charge >= 0.3 is 0 Å². The molecule has 0 bridgehead atoms. The monoisotopic (exact) mass is 324 g/mol. The molecule has 1 aromatic carbocycles. The van der Waals surface area contributed by atoms with Crippen LogP contribution in [-0.2, 0) is 13.0 Å². The second-order valence-corrected chi connectivity index (χ2v) is 6.09. The van der Waals surface area contributed by atoms with Crippen molar-refractivity contribution in [2.75, 3.05) is 6.54 Å². The van der Waals surface area contributed by atoms with Gasteiger partial charge in [-0.25, -0.2) is 0 Å². The molecule has 1 saturated heterocycles. The summed E-state index contributed by atoms with van der Waals surface area (Å²) >= 11 is 0. The van der Waals surface area contributed by atoms with Crippen LogP contribution in [0.1, 0.15) is 43.2 Å². The lowest BCUT2D eigenvalue weighted by Crippen LogP contribution is -2.22. The van der Waals surface area contributed by atoms with Crippen molar-refractivity contribution in [1.82, 2.24) is 20.2 Å². The number of likely N-dealkylation sites (tertiary alicyclic amines) is 1. The average molecular weight is 324 g/mol. The molecule has 3 heterocycles. The first-order valence-electron chi connectivity index (χ1n) is 8.41. The summed E-state index contributed by atoms with van der Waals surface area (Å²) in [6, 6.07) is 12.1. The van der Waals surface area contributed by atoms with Crippen molar-refractivity contribution in [2.24, 2.45) is 0 Å². The summed E-state index contributed by atoms with van der Waals surface area (Å²) in [6.45, 7) is 3.79. The number of rotatable bonds is 5. The standard InChI is InChI=1S/C18H20N4O2/c1-2-14-11-15(23-20-14)12-22-10-6-9-16(22)18-19-17(21-24-18)13-7-4-3-5-8-13/h3-5,7-8,11,16H,2,6,9-10,12H2,1H3. The summed E-state index contributed by atoms with van der Waals surface area (Å²) in [4.78, 5) is 6.93. The van der Waals surface area contributed by atoms with E-state index in [1.54, 1.807) is 0 Å². The molecule has 0 spiro atoms. The van der Waals surface area contributed by atoms with E-state index in [-0.39, 0.29) is 6.04 Å². The predicted octanol–water partition coefficient (Wildman–Crippen LogP) is 3.62. The molecule has 2 aromatic heterocycles. The van der Waals surface area contributed by atoms with E-state index in [2.05, 4.69) is 27.1 Å². The summed E-state index contributed by atoms with van der Waals surface area (Å²) in [5.41, 5.74) is 1.96. The van der Waals surface area contributed by atoms with Crippen LogP contribution in [-0.4, -0.2) is 26.7 Å². The second kappa shape index (κ2) is 6.57. The van der Waals surface area contributed by atoms with Crippen LogP contribution in [0.3, 0.4) is 0 Å². The van der Waals surface area contributed by atoms with Crippen LogP contribution in [0.15, 0.2) is 45.4 Å². The van der Waals surface area contributed by atoms with E-state index < -0.39 is 0 Å². The van der Waals surface area contributed by atoms with Gasteiger partial charge in [-0.05, 0) is 25.8 Å². The number of benzene rings is 1. The minimum absolute atomic E-state index is 0.144. The molecule has 1 unspecified atom stereocenters. The summed E-state index contributed by atoms with van der Waals surface area (Å²) in [5, 5.41) is 8.21. The van der Waals surface area contributed by atoms with Gasteiger partial charge in [0.15, 0.2) is 5.76 Å². The Morgan fingerprint density at radius 2 is 2.04 bits per heavy atom. The molecular formula is C18H20N4O2. The summed E-state index contributed by atoms with van der Waals surface area (Å²) in [7, 11) is 0. The zero-order valence-electron chi connectivity index (χ0n) is 13.7. The van der Waals surface area contributed by atoms with Crippen LogP contribution >= 0.6 is 0 Å². The maximum atomic E-state index is 5.55. The van der Waals surface area contributed by atoms with E-state index in [0.29, 0.717) is 11.7 Å². The van der Waals surface area contributed by atoms with Crippen LogP contribution in [0.25, 0.3) is 11.4 Å². The molecule has 0 N–H and O–H groups in total. The molecule has 1 aliphatic heterocycles. The maximum Gasteiger partial charge on any atom is 0.244 e. The Balaban J connectivity index is 1.51. The summed E-state index contributed by atoms with van der Waals surface area (Å²) in [5.74, 6) is 2.22. The van der Waals surface area contributed by atoms with Crippen molar-refractivity contribution in [2.45, 2.75) is 38.8 Å². The van der Waals surface area contributed by atoms with E-state index in [0.717, 1.165) is 49.4 Å². The SMILES string of the molecule is CCc1cc(CN2CCCC2c2nc(-c3ccccc3)no2)on1. The first kappa shape index (κ1) is 15.1. The van der Waals surface area contributed by atoms with Crippen molar-refractivity contribution >= 4 is 0 Å². The molecule has 4 rings (SSSR count). The number of nitrogens with zero attached hydrogens (tertiary/aromatic N) is 4. The molecule has 0 aliphatic carbocycles. The van der Waals surface area contributed by atoms with Crippen molar-refractivity contribution < 1.29 is 9.05 Å². The minimum atomic E-state index is 0.144. The van der Waals surface area contributed by atoms with E-state index in [1.807, 2.05) is 36.4 Å². The van der Waals surface area contributed by atoms with Crippen LogP contribution < -0.4 is 0 Å². The fourth-order valence-electron chi connectivity index (χ4n) is 3.17. The minimum Gasteiger partial charge on any atom is -0.360 e. The highest BCUT2D eigenvalue weighted by Crippen LogP contribution is 2.33. The molecular weight excluding hydrogens is 304 g/mol. The van der Waals surface area contributed by atoms with Crippen LogP contribution in [0, 0.1) is 0 Å². The van der Waals surface area contributed by atoms with Crippen LogP contribution in [0.2, 0.25) is 0 Å². The molecule has 0 radical (unpaired) electrons. The van der Waals surface area contributed by atoms with Crippen LogP contribution in [0.5, 0.6) is 0 Å². The Morgan fingerprint density at radius 1 is 1.17 bits per heavy atom. The van der Waals surface area contributed by atoms with E-state index in [4.69, 9.17) is 9.05 Å². The molecule has 3 aromatic rings. The number of hydrogen-bond donors (Lipinski definition) is 0. The van der Waals surface area contributed by atoms with Gasteiger partial charge in [0.1, 0.15) is 0 Å². The quantitative estimate of drug-likeness (QED) is 0.714. The molecule has 0 saturated carbocycles. The fourth-order valence-corrected chi connectivity index (χ4v) is 3.17. The van der Waals surface area contributed by atoms with E-state index >= 15 is 0 Å². The van der Waals surface area contributed by atoms with Crippen molar-refractivity contribution in [1.29, 1.82) is 0 Å². The van der Waals surface area contributed by atoms with Crippen molar-refractivity contribution in [3.8, 4) is 11.4 Å². The fraction of sp³-hybridized carbons (Fsp3) is 0.389. The maximum absolute atomic E-state index is 5.55. The van der Waals surface area contributed by atoms with Gasteiger partial charge in [0.2, 0.25) is 11.7 Å². The highest BCUT2D eigenvalue weighted by Gasteiger charge is 2.31. The van der Waals surface area contributed by atoms with Gasteiger partial charge in [-0.15, -0.1) is 0 Å². The largest absolute Gasteiger partial charge is 0.360 e. The number of aromatic nitrogens is 3. The van der Waals surface area contributed by atoms with Gasteiger partial charge in [-0.3, -0.25) is 4.90 Å². The second-order valence-electron chi connectivity index (χ2n) is 6.09. The highest BCUT2D eigenvalue weighted by atomic mass is 16.5. The molecule has 1 atom stereocenters. The molecule has 24 heavy (non-hydrogen) atoms. The topological polar surface area (TPSA) is 68.2 Å². The Bertz CT molecular complexity index is 796. The first-order valence-corrected chi connectivity index (χ1v) is 8.41. The molecule has 6 nitrogen and oxygen atoms in total. The third-order valence-corrected chi connectivity index (χ3v) is 4.45. The molecule has 1 fully saturated rings. The molecule has 1 aliphatic rings. The zero-order chi connectivity index (χ0) is 16.4. The highest BCUT2D eigenvalue weighted by molar-refractivity contribution is 5.53. The predicted molar refractivity (Wildman–Crippen MR) is 88.0 cm³/mol. The zero-order valence-corrected chi connectivity index (χ0v) is 13.7. The van der Waals surface area contributed by atoms with Gasteiger partial charge in [-0.2, -0.15) is 4.98 Å². The van der Waals surface area contributed by atoms with Gasteiger partial charge in [0.25, 0.3) is 0 Å². The smallest absolute Gasteiger partial charge is 0.244 e. The van der Waals surface area contributed by atoms with Crippen LogP contribution in [0.4, 0.5) is 0 Å².